The number of aryl methyl sites for hydroxylation is 1. The summed E-state index contributed by atoms with van der Waals surface area (Å²) in [6.45, 7) is 3.35. The number of hydrogen-bond donors (Lipinski definition) is 0. The molecular formula is C23H29N3O4S. The van der Waals surface area contributed by atoms with E-state index in [-0.39, 0.29) is 17.3 Å². The number of sulfonamides is 1. The van der Waals surface area contributed by atoms with Crippen molar-refractivity contribution in [3.8, 4) is 5.88 Å². The van der Waals surface area contributed by atoms with Gasteiger partial charge in [0.15, 0.2) is 0 Å². The fourth-order valence-electron chi connectivity index (χ4n) is 3.84. The molecule has 1 aliphatic carbocycles. The highest BCUT2D eigenvalue weighted by molar-refractivity contribution is 7.93. The van der Waals surface area contributed by atoms with E-state index < -0.39 is 10.0 Å². The van der Waals surface area contributed by atoms with Crippen molar-refractivity contribution in [3.63, 3.8) is 0 Å². The number of nitrogens with zero attached hydrogens (tertiary/aromatic N) is 3. The molecule has 4 rings (SSSR count). The third-order valence-electron chi connectivity index (χ3n) is 6.10. The number of carbonyl (C=O) groups excluding carboxylic acids is 1. The van der Waals surface area contributed by atoms with Crippen LogP contribution in [0.4, 0.5) is 5.69 Å². The van der Waals surface area contributed by atoms with E-state index in [4.69, 9.17) is 4.74 Å². The number of anilines is 1. The molecule has 2 aromatic rings. The highest BCUT2D eigenvalue weighted by Gasteiger charge is 2.39. The minimum absolute atomic E-state index is 0.00575. The number of rotatable bonds is 7. The Morgan fingerprint density at radius 2 is 1.84 bits per heavy atom. The number of aromatic nitrogens is 1. The molecular weight excluding hydrogens is 414 g/mol. The van der Waals surface area contributed by atoms with Crippen LogP contribution >= 0.6 is 0 Å². The Kier molecular flexibility index (Phi) is 6.18. The lowest BCUT2D eigenvalue weighted by molar-refractivity contribution is -0.132. The third kappa shape index (κ3) is 5.01. The van der Waals surface area contributed by atoms with Crippen LogP contribution in [0.3, 0.4) is 0 Å². The summed E-state index contributed by atoms with van der Waals surface area (Å²) in [5.74, 6) is 0.626. The monoisotopic (exact) mass is 443 g/mol. The van der Waals surface area contributed by atoms with E-state index in [0.717, 1.165) is 36.8 Å². The van der Waals surface area contributed by atoms with Crippen LogP contribution in [0.2, 0.25) is 0 Å². The molecule has 8 heteroatoms. The molecule has 2 heterocycles. The molecule has 0 radical (unpaired) electrons. The molecule has 0 unspecified atom stereocenters. The van der Waals surface area contributed by atoms with E-state index in [2.05, 4.69) is 4.98 Å². The number of piperidine rings is 1. The average Bonchev–Trinajstić information content (AvgIpc) is 3.62. The number of ether oxygens (including phenoxy) is 1. The summed E-state index contributed by atoms with van der Waals surface area (Å²) >= 11 is 0. The average molecular weight is 444 g/mol. The predicted octanol–water partition coefficient (Wildman–Crippen LogP) is 2.93. The van der Waals surface area contributed by atoms with Gasteiger partial charge in [-0.25, -0.2) is 13.4 Å². The number of likely N-dealkylation sites (tertiary alicyclic amines) is 1. The van der Waals surface area contributed by atoms with E-state index in [0.29, 0.717) is 31.1 Å². The minimum atomic E-state index is -3.28. The van der Waals surface area contributed by atoms with Crippen molar-refractivity contribution in [3.05, 3.63) is 53.7 Å². The zero-order valence-electron chi connectivity index (χ0n) is 18.0. The first-order valence-corrected chi connectivity index (χ1v) is 12.3. The molecule has 2 fully saturated rings. The van der Waals surface area contributed by atoms with Gasteiger partial charge in [0.05, 0.1) is 23.6 Å². The molecule has 1 aromatic heterocycles. The Labute approximate surface area is 184 Å². The van der Waals surface area contributed by atoms with E-state index in [1.807, 2.05) is 36.1 Å². The summed E-state index contributed by atoms with van der Waals surface area (Å²) in [5.41, 5.74) is 2.75. The SMILES string of the molecule is Cc1ccccc1CC(=O)N1CCC(Oc2ccc(N(C)S(=O)(=O)C3CC3)cn2)CC1. The quantitative estimate of drug-likeness (QED) is 0.657. The molecule has 0 bridgehead atoms. The Morgan fingerprint density at radius 1 is 1.13 bits per heavy atom. The number of benzene rings is 1. The lowest BCUT2D eigenvalue weighted by Gasteiger charge is -2.32. The Bertz CT molecular complexity index is 1030. The van der Waals surface area contributed by atoms with Gasteiger partial charge >= 0.3 is 0 Å². The summed E-state index contributed by atoms with van der Waals surface area (Å²) in [6.07, 6.45) is 4.92. The standard InChI is InChI=1S/C23H29N3O4S/c1-17-5-3-4-6-18(17)15-23(27)26-13-11-20(12-14-26)30-22-10-7-19(16-24-22)25(2)31(28,29)21-8-9-21/h3-7,10,16,20-21H,8-9,11-15H2,1-2H3. The van der Waals surface area contributed by atoms with Crippen molar-refractivity contribution in [1.82, 2.24) is 9.88 Å². The second-order valence-electron chi connectivity index (χ2n) is 8.37. The molecule has 2 aliphatic rings. The van der Waals surface area contributed by atoms with Crippen molar-refractivity contribution < 1.29 is 17.9 Å². The van der Waals surface area contributed by atoms with Crippen molar-refractivity contribution in [2.24, 2.45) is 0 Å². The summed E-state index contributed by atoms with van der Waals surface area (Å²) in [4.78, 5) is 18.8. The largest absolute Gasteiger partial charge is 0.474 e. The van der Waals surface area contributed by atoms with E-state index in [1.54, 1.807) is 19.2 Å². The molecule has 1 aliphatic heterocycles. The van der Waals surface area contributed by atoms with Crippen molar-refractivity contribution >= 4 is 21.6 Å². The summed E-state index contributed by atoms with van der Waals surface area (Å²) in [7, 11) is -1.72. The molecule has 166 valence electrons. The molecule has 1 aromatic carbocycles. The Hall–Kier alpha value is -2.61. The van der Waals surface area contributed by atoms with Crippen LogP contribution in [0.1, 0.15) is 36.8 Å². The van der Waals surface area contributed by atoms with E-state index >= 15 is 0 Å². The second kappa shape index (κ2) is 8.86. The van der Waals surface area contributed by atoms with Crippen LogP contribution in [0, 0.1) is 6.92 Å². The molecule has 0 spiro atoms. The smallest absolute Gasteiger partial charge is 0.237 e. The van der Waals surface area contributed by atoms with Gasteiger partial charge in [0.25, 0.3) is 0 Å². The van der Waals surface area contributed by atoms with Crippen molar-refractivity contribution in [2.45, 2.75) is 50.4 Å². The van der Waals surface area contributed by atoms with Gasteiger partial charge in [-0.15, -0.1) is 0 Å². The molecule has 1 amide bonds. The molecule has 1 saturated heterocycles. The Morgan fingerprint density at radius 3 is 2.45 bits per heavy atom. The number of pyridine rings is 1. The van der Waals surface area contributed by atoms with Crippen LogP contribution in [-0.2, 0) is 21.2 Å². The first-order valence-electron chi connectivity index (χ1n) is 10.8. The van der Waals surface area contributed by atoms with Gasteiger partial charge < -0.3 is 9.64 Å². The lowest BCUT2D eigenvalue weighted by Crippen LogP contribution is -2.42. The molecule has 1 saturated carbocycles. The van der Waals surface area contributed by atoms with Crippen molar-refractivity contribution in [1.29, 1.82) is 0 Å². The molecule has 31 heavy (non-hydrogen) atoms. The predicted molar refractivity (Wildman–Crippen MR) is 120 cm³/mol. The minimum Gasteiger partial charge on any atom is -0.474 e. The van der Waals surface area contributed by atoms with Crippen LogP contribution < -0.4 is 9.04 Å². The molecule has 0 N–H and O–H groups in total. The number of amides is 1. The fourth-order valence-corrected chi connectivity index (χ4v) is 5.42. The van der Waals surface area contributed by atoms with Gasteiger partial charge in [0.2, 0.25) is 21.8 Å². The van der Waals surface area contributed by atoms with Crippen LogP contribution in [0.25, 0.3) is 0 Å². The normalized spacial score (nSPS) is 17.4. The lowest BCUT2D eigenvalue weighted by atomic mass is 10.0. The summed E-state index contributed by atoms with van der Waals surface area (Å²) < 4.78 is 32.0. The van der Waals surface area contributed by atoms with Crippen LogP contribution in [0.5, 0.6) is 5.88 Å². The first kappa shape index (κ1) is 21.6. The van der Waals surface area contributed by atoms with Gasteiger partial charge in [-0.3, -0.25) is 9.10 Å². The van der Waals surface area contributed by atoms with Gasteiger partial charge in [-0.1, -0.05) is 24.3 Å². The number of carbonyl (C=O) groups is 1. The highest BCUT2D eigenvalue weighted by atomic mass is 32.2. The summed E-state index contributed by atoms with van der Waals surface area (Å²) in [5, 5.41) is -0.257. The maximum absolute atomic E-state index is 12.6. The van der Waals surface area contributed by atoms with Gasteiger partial charge in [-0.2, -0.15) is 0 Å². The maximum Gasteiger partial charge on any atom is 0.237 e. The third-order valence-corrected chi connectivity index (χ3v) is 8.38. The number of hydrogen-bond acceptors (Lipinski definition) is 5. The van der Waals surface area contributed by atoms with E-state index in [1.165, 1.54) is 10.5 Å². The Balaban J connectivity index is 1.28. The molecule has 0 atom stereocenters. The zero-order chi connectivity index (χ0) is 22.0. The van der Waals surface area contributed by atoms with Gasteiger partial charge in [0, 0.05) is 39.0 Å². The van der Waals surface area contributed by atoms with Gasteiger partial charge in [0.1, 0.15) is 6.10 Å². The maximum atomic E-state index is 12.6. The van der Waals surface area contributed by atoms with Crippen molar-refractivity contribution in [2.75, 3.05) is 24.4 Å². The first-order chi connectivity index (χ1) is 14.8. The highest BCUT2D eigenvalue weighted by Crippen LogP contribution is 2.32. The zero-order valence-corrected chi connectivity index (χ0v) is 18.8. The second-order valence-corrected chi connectivity index (χ2v) is 10.6. The van der Waals surface area contributed by atoms with E-state index in [9.17, 15) is 13.2 Å². The van der Waals surface area contributed by atoms with Crippen LogP contribution in [0.15, 0.2) is 42.6 Å². The molecule has 7 nitrogen and oxygen atoms in total. The van der Waals surface area contributed by atoms with Gasteiger partial charge in [-0.05, 0) is 37.0 Å². The topological polar surface area (TPSA) is 79.8 Å². The summed E-state index contributed by atoms with van der Waals surface area (Å²) in [6, 6.07) is 11.4. The fraction of sp³-hybridized carbons (Fsp3) is 0.478. The van der Waals surface area contributed by atoms with Crippen LogP contribution in [-0.4, -0.2) is 55.7 Å².